The predicted molar refractivity (Wildman–Crippen MR) is 71.5 cm³/mol. The molecule has 6 heteroatoms. The van der Waals surface area contributed by atoms with Gasteiger partial charge in [0.1, 0.15) is 11.5 Å². The summed E-state index contributed by atoms with van der Waals surface area (Å²) in [4.78, 5) is 13.9. The Kier molecular flexibility index (Phi) is 3.82. The van der Waals surface area contributed by atoms with E-state index in [0.29, 0.717) is 11.1 Å². The van der Waals surface area contributed by atoms with Crippen molar-refractivity contribution in [2.45, 2.75) is 0 Å². The second-order valence-corrected chi connectivity index (χ2v) is 3.88. The van der Waals surface area contributed by atoms with Gasteiger partial charge in [0, 0.05) is 18.3 Å². The molecule has 0 spiro atoms. The smallest absolute Gasteiger partial charge is 0.258 e. The molecule has 0 heterocycles. The summed E-state index contributed by atoms with van der Waals surface area (Å²) >= 11 is 0. The molecule has 0 radical (unpaired) electrons. The van der Waals surface area contributed by atoms with Crippen molar-refractivity contribution < 1.29 is 9.31 Å². The lowest BCUT2D eigenvalue weighted by atomic mass is 10.2. The van der Waals surface area contributed by atoms with Crippen molar-refractivity contribution in [3.05, 3.63) is 69.5 Å². The van der Waals surface area contributed by atoms with Crippen molar-refractivity contribution in [1.29, 1.82) is 5.26 Å². The van der Waals surface area contributed by atoms with Gasteiger partial charge >= 0.3 is 0 Å². The third-order valence-corrected chi connectivity index (χ3v) is 2.53. The molecule has 0 saturated carbocycles. The van der Waals surface area contributed by atoms with Gasteiger partial charge < -0.3 is 0 Å². The molecule has 0 aliphatic rings. The minimum Gasteiger partial charge on any atom is -0.258 e. The van der Waals surface area contributed by atoms with Gasteiger partial charge in [-0.05, 0) is 23.8 Å². The minimum atomic E-state index is -0.638. The first-order valence-corrected chi connectivity index (χ1v) is 5.58. The van der Waals surface area contributed by atoms with Crippen LogP contribution in [0.5, 0.6) is 0 Å². The molecule has 0 fully saturated rings. The van der Waals surface area contributed by atoms with Crippen molar-refractivity contribution in [1.82, 2.24) is 0 Å². The summed E-state index contributed by atoms with van der Waals surface area (Å²) in [5.41, 5.74) is 0.834. The van der Waals surface area contributed by atoms with E-state index < -0.39 is 10.7 Å². The van der Waals surface area contributed by atoms with Gasteiger partial charge in [-0.3, -0.25) is 15.1 Å². The second kappa shape index (κ2) is 5.71. The average Bonchev–Trinajstić information content (AvgIpc) is 2.46. The summed E-state index contributed by atoms with van der Waals surface area (Å²) in [6, 6.07) is 11.6. The topological polar surface area (TPSA) is 79.3 Å². The van der Waals surface area contributed by atoms with E-state index in [-0.39, 0.29) is 11.4 Å². The van der Waals surface area contributed by atoms with E-state index in [1.54, 1.807) is 24.3 Å². The highest BCUT2D eigenvalue weighted by Gasteiger charge is 2.09. The maximum atomic E-state index is 13.5. The third kappa shape index (κ3) is 3.03. The molecular formula is C14H8FN3O2. The van der Waals surface area contributed by atoms with Crippen LogP contribution in [0, 0.1) is 27.3 Å². The van der Waals surface area contributed by atoms with Gasteiger partial charge in [-0.25, -0.2) is 4.39 Å². The predicted octanol–water partition coefficient (Wildman–Crippen LogP) is 3.36. The Balaban J connectivity index is 2.28. The lowest BCUT2D eigenvalue weighted by Gasteiger charge is -1.97. The minimum absolute atomic E-state index is 0.108. The number of nitriles is 1. The van der Waals surface area contributed by atoms with Crippen LogP contribution in [0.15, 0.2) is 47.5 Å². The molecule has 0 saturated heterocycles. The number of hydrogen-bond acceptors (Lipinski definition) is 4. The maximum Gasteiger partial charge on any atom is 0.271 e. The lowest BCUT2D eigenvalue weighted by molar-refractivity contribution is -0.384. The first kappa shape index (κ1) is 13.4. The van der Waals surface area contributed by atoms with Crippen molar-refractivity contribution in [2.75, 3.05) is 0 Å². The SMILES string of the molecule is N#Cc1ccc(C=Nc2cc([N+](=O)[O-])ccc2F)cc1. The van der Waals surface area contributed by atoms with Crippen LogP contribution in [-0.4, -0.2) is 11.1 Å². The van der Waals surface area contributed by atoms with Crippen LogP contribution < -0.4 is 0 Å². The normalized spacial score (nSPS) is 10.4. The van der Waals surface area contributed by atoms with Crippen LogP contribution in [0.1, 0.15) is 11.1 Å². The Morgan fingerprint density at radius 1 is 1.25 bits per heavy atom. The van der Waals surface area contributed by atoms with Crippen LogP contribution in [0.4, 0.5) is 15.8 Å². The van der Waals surface area contributed by atoms with Crippen LogP contribution in [-0.2, 0) is 0 Å². The van der Waals surface area contributed by atoms with E-state index in [9.17, 15) is 14.5 Å². The third-order valence-electron chi connectivity index (χ3n) is 2.53. The number of benzene rings is 2. The number of halogens is 1. The number of aliphatic imine (C=N–C) groups is 1. The highest BCUT2D eigenvalue weighted by molar-refractivity contribution is 5.82. The Morgan fingerprint density at radius 2 is 1.95 bits per heavy atom. The molecule has 0 unspecified atom stereocenters. The highest BCUT2D eigenvalue weighted by Crippen LogP contribution is 2.23. The van der Waals surface area contributed by atoms with E-state index in [1.165, 1.54) is 6.21 Å². The van der Waals surface area contributed by atoms with Gasteiger partial charge in [0.2, 0.25) is 0 Å². The monoisotopic (exact) mass is 269 g/mol. The van der Waals surface area contributed by atoms with E-state index in [2.05, 4.69) is 4.99 Å². The van der Waals surface area contributed by atoms with Crippen molar-refractivity contribution >= 4 is 17.6 Å². The molecular weight excluding hydrogens is 261 g/mol. The Labute approximate surface area is 113 Å². The molecule has 0 aromatic heterocycles. The summed E-state index contributed by atoms with van der Waals surface area (Å²) in [6.45, 7) is 0. The number of nitrogens with zero attached hydrogens (tertiary/aromatic N) is 3. The zero-order valence-electron chi connectivity index (χ0n) is 10.2. The Hall–Kier alpha value is -3.07. The number of nitro groups is 1. The Bertz CT molecular complexity index is 718. The largest absolute Gasteiger partial charge is 0.271 e. The van der Waals surface area contributed by atoms with E-state index in [0.717, 1.165) is 18.2 Å². The number of hydrogen-bond donors (Lipinski definition) is 0. The standard InChI is InChI=1S/C14H8FN3O2/c15-13-6-5-12(18(19)20)7-14(13)17-9-11-3-1-10(8-16)2-4-11/h1-7,9H. The maximum absolute atomic E-state index is 13.5. The second-order valence-electron chi connectivity index (χ2n) is 3.88. The van der Waals surface area contributed by atoms with Crippen LogP contribution in [0.2, 0.25) is 0 Å². The molecule has 0 bridgehead atoms. The van der Waals surface area contributed by atoms with Gasteiger partial charge in [0.15, 0.2) is 0 Å². The van der Waals surface area contributed by atoms with Gasteiger partial charge in [-0.2, -0.15) is 5.26 Å². The molecule has 20 heavy (non-hydrogen) atoms. The molecule has 98 valence electrons. The molecule has 0 aliphatic heterocycles. The quantitative estimate of drug-likeness (QED) is 0.487. The van der Waals surface area contributed by atoms with Crippen molar-refractivity contribution in [2.24, 2.45) is 4.99 Å². The van der Waals surface area contributed by atoms with Gasteiger partial charge in [-0.15, -0.1) is 0 Å². The zero-order valence-corrected chi connectivity index (χ0v) is 10.2. The fourth-order valence-electron chi connectivity index (χ4n) is 1.50. The fourth-order valence-corrected chi connectivity index (χ4v) is 1.50. The average molecular weight is 269 g/mol. The van der Waals surface area contributed by atoms with E-state index in [1.807, 2.05) is 6.07 Å². The zero-order chi connectivity index (χ0) is 14.5. The van der Waals surface area contributed by atoms with Crippen LogP contribution in [0.3, 0.4) is 0 Å². The molecule has 0 amide bonds. The summed E-state index contributed by atoms with van der Waals surface area (Å²) < 4.78 is 13.5. The first-order valence-electron chi connectivity index (χ1n) is 5.58. The number of rotatable bonds is 3. The number of nitro benzene ring substituents is 1. The number of non-ortho nitro benzene ring substituents is 1. The molecule has 0 atom stereocenters. The first-order chi connectivity index (χ1) is 9.60. The fraction of sp³-hybridized carbons (Fsp3) is 0. The summed E-state index contributed by atoms with van der Waals surface area (Å²) in [6.07, 6.45) is 1.38. The van der Waals surface area contributed by atoms with E-state index in [4.69, 9.17) is 5.26 Å². The molecule has 0 aliphatic carbocycles. The van der Waals surface area contributed by atoms with E-state index >= 15 is 0 Å². The van der Waals surface area contributed by atoms with Gasteiger partial charge in [0.05, 0.1) is 16.6 Å². The lowest BCUT2D eigenvalue weighted by Crippen LogP contribution is -1.88. The molecule has 2 rings (SSSR count). The van der Waals surface area contributed by atoms with Crippen molar-refractivity contribution in [3.8, 4) is 6.07 Å². The molecule has 2 aromatic rings. The van der Waals surface area contributed by atoms with Crippen LogP contribution in [0.25, 0.3) is 0 Å². The highest BCUT2D eigenvalue weighted by atomic mass is 19.1. The molecule has 2 aromatic carbocycles. The van der Waals surface area contributed by atoms with Crippen LogP contribution >= 0.6 is 0 Å². The Morgan fingerprint density at radius 3 is 2.55 bits per heavy atom. The molecule has 5 nitrogen and oxygen atoms in total. The summed E-state index contributed by atoms with van der Waals surface area (Å²) in [7, 11) is 0. The van der Waals surface area contributed by atoms with Gasteiger partial charge in [-0.1, -0.05) is 12.1 Å². The summed E-state index contributed by atoms with van der Waals surface area (Å²) in [5, 5.41) is 19.3. The van der Waals surface area contributed by atoms with Crippen molar-refractivity contribution in [3.63, 3.8) is 0 Å². The summed E-state index contributed by atoms with van der Waals surface area (Å²) in [5.74, 6) is -0.638. The van der Waals surface area contributed by atoms with Gasteiger partial charge in [0.25, 0.3) is 5.69 Å². The molecule has 0 N–H and O–H groups in total.